The molecule has 1 N–H and O–H groups in total. The van der Waals surface area contributed by atoms with Gasteiger partial charge in [-0.25, -0.2) is 8.42 Å². The molecule has 1 aliphatic heterocycles. The summed E-state index contributed by atoms with van der Waals surface area (Å²) in [7, 11) is -2.05. The Morgan fingerprint density at radius 1 is 1.25 bits per heavy atom. The molecule has 0 aromatic carbocycles. The van der Waals surface area contributed by atoms with Gasteiger partial charge in [0.1, 0.15) is 0 Å². The van der Waals surface area contributed by atoms with Gasteiger partial charge in [0.2, 0.25) is 8.87 Å². The van der Waals surface area contributed by atoms with Gasteiger partial charge in [-0.2, -0.15) is 0 Å². The van der Waals surface area contributed by atoms with Crippen LogP contribution in [0, 0.1) is 0 Å². The average molecular weight is 208 g/mol. The van der Waals surface area contributed by atoms with Crippen LogP contribution in [0.4, 0.5) is 0 Å². The van der Waals surface area contributed by atoms with E-state index in [9.17, 15) is 13.5 Å². The Hall–Kier alpha value is 0.260. The minimum atomic E-state index is -3.03. The molecule has 0 spiro atoms. The zero-order valence-corrected chi connectivity index (χ0v) is 8.27. The normalized spacial score (nSPS) is 45.6. The summed E-state index contributed by atoms with van der Waals surface area (Å²) in [6.07, 6.45) is 2.88. The summed E-state index contributed by atoms with van der Waals surface area (Å²) in [4.78, 5) is 0. The van der Waals surface area contributed by atoms with Crippen LogP contribution in [0.5, 0.6) is 0 Å². The molecule has 5 heteroatoms. The summed E-state index contributed by atoms with van der Waals surface area (Å²) in [6.45, 7) is 0. The number of hydrogen-bond donors (Lipinski definition) is 1. The highest BCUT2D eigenvalue weighted by Gasteiger charge is 2.47. The molecule has 1 saturated heterocycles. The predicted octanol–water partition coefficient (Wildman–Crippen LogP) is 0.735. The molecular formula is C7H12O3S2. The molecule has 2 bridgehead atoms. The molecule has 0 amide bonds. The van der Waals surface area contributed by atoms with Crippen molar-refractivity contribution in [1.29, 1.82) is 0 Å². The van der Waals surface area contributed by atoms with Gasteiger partial charge in [-0.1, -0.05) is 12.8 Å². The molecule has 3 nitrogen and oxygen atoms in total. The Kier molecular flexibility index (Phi) is 2.13. The number of aliphatic hydroxyl groups is 1. The fourth-order valence-corrected chi connectivity index (χ4v) is 6.80. The highest BCUT2D eigenvalue weighted by molar-refractivity contribution is 8.73. The van der Waals surface area contributed by atoms with Gasteiger partial charge >= 0.3 is 0 Å². The van der Waals surface area contributed by atoms with Gasteiger partial charge in [0.25, 0.3) is 0 Å². The molecule has 0 aromatic heterocycles. The van der Waals surface area contributed by atoms with E-state index in [4.69, 9.17) is 0 Å². The van der Waals surface area contributed by atoms with E-state index >= 15 is 0 Å². The number of aliphatic hydroxyl groups excluding tert-OH is 1. The van der Waals surface area contributed by atoms with E-state index < -0.39 is 20.2 Å². The van der Waals surface area contributed by atoms with Crippen molar-refractivity contribution < 1.29 is 13.5 Å². The second kappa shape index (κ2) is 2.89. The topological polar surface area (TPSA) is 54.4 Å². The van der Waals surface area contributed by atoms with Crippen LogP contribution in [0.1, 0.15) is 25.7 Å². The van der Waals surface area contributed by atoms with E-state index in [-0.39, 0.29) is 5.25 Å². The highest BCUT2D eigenvalue weighted by Crippen LogP contribution is 2.44. The molecule has 12 heavy (non-hydrogen) atoms. The molecular weight excluding hydrogens is 196 g/mol. The van der Waals surface area contributed by atoms with Crippen LogP contribution in [0.2, 0.25) is 0 Å². The molecule has 1 aliphatic carbocycles. The van der Waals surface area contributed by atoms with Crippen LogP contribution < -0.4 is 0 Å². The van der Waals surface area contributed by atoms with E-state index in [1.165, 1.54) is 0 Å². The molecule has 0 aromatic rings. The van der Waals surface area contributed by atoms with Gasteiger partial charge in [-0.15, -0.1) is 0 Å². The smallest absolute Gasteiger partial charge is 0.207 e. The zero-order valence-electron chi connectivity index (χ0n) is 6.64. The van der Waals surface area contributed by atoms with Gasteiger partial charge in [0, 0.05) is 5.25 Å². The molecule has 70 valence electrons. The van der Waals surface area contributed by atoms with Crippen LogP contribution in [0.3, 0.4) is 0 Å². The van der Waals surface area contributed by atoms with E-state index in [2.05, 4.69) is 0 Å². The molecule has 1 heterocycles. The third kappa shape index (κ3) is 1.28. The van der Waals surface area contributed by atoms with Crippen molar-refractivity contribution in [2.45, 2.75) is 42.3 Å². The monoisotopic (exact) mass is 208 g/mol. The lowest BCUT2D eigenvalue weighted by atomic mass is 10.1. The minimum absolute atomic E-state index is 0.0532. The van der Waals surface area contributed by atoms with E-state index in [1.54, 1.807) is 0 Å². The SMILES string of the molecule is O=S1(=O)SC2CCCCC1C2O. The maximum absolute atomic E-state index is 11.4. The number of hydrogen-bond acceptors (Lipinski definition) is 4. The van der Waals surface area contributed by atoms with Crippen molar-refractivity contribution in [3.05, 3.63) is 0 Å². The second-order valence-electron chi connectivity index (χ2n) is 3.44. The van der Waals surface area contributed by atoms with E-state index in [0.29, 0.717) is 6.42 Å². The van der Waals surface area contributed by atoms with Crippen molar-refractivity contribution in [2.75, 3.05) is 0 Å². The van der Waals surface area contributed by atoms with Crippen molar-refractivity contribution >= 4 is 19.7 Å². The van der Waals surface area contributed by atoms with Crippen LogP contribution in [0.25, 0.3) is 0 Å². The third-order valence-electron chi connectivity index (χ3n) is 2.62. The maximum Gasteiger partial charge on any atom is 0.207 e. The van der Waals surface area contributed by atoms with E-state index in [1.807, 2.05) is 0 Å². The molecule has 0 radical (unpaired) electrons. The zero-order chi connectivity index (χ0) is 8.77. The van der Waals surface area contributed by atoms with E-state index in [0.717, 1.165) is 30.1 Å². The lowest BCUT2D eigenvalue weighted by molar-refractivity contribution is 0.170. The van der Waals surface area contributed by atoms with Gasteiger partial charge < -0.3 is 5.11 Å². The quantitative estimate of drug-likeness (QED) is 0.596. The predicted molar refractivity (Wildman–Crippen MR) is 48.6 cm³/mol. The van der Waals surface area contributed by atoms with Crippen molar-refractivity contribution in [1.82, 2.24) is 0 Å². The van der Waals surface area contributed by atoms with Gasteiger partial charge in [0.15, 0.2) is 0 Å². The Balaban J connectivity index is 2.32. The van der Waals surface area contributed by atoms with Crippen molar-refractivity contribution in [3.8, 4) is 0 Å². The first-order valence-electron chi connectivity index (χ1n) is 4.21. The Labute approximate surface area is 75.9 Å². The average Bonchev–Trinajstić information content (AvgIpc) is 2.17. The molecule has 3 atom stereocenters. The lowest BCUT2D eigenvalue weighted by Crippen LogP contribution is -2.29. The molecule has 2 aliphatic rings. The second-order valence-corrected chi connectivity index (χ2v) is 7.80. The maximum atomic E-state index is 11.4. The fraction of sp³-hybridized carbons (Fsp3) is 1.00. The first-order chi connectivity index (χ1) is 5.61. The summed E-state index contributed by atoms with van der Waals surface area (Å²) in [6, 6.07) is 0. The summed E-state index contributed by atoms with van der Waals surface area (Å²) in [5.74, 6) is 0. The highest BCUT2D eigenvalue weighted by atomic mass is 33.1. The minimum Gasteiger partial charge on any atom is -0.391 e. The number of rotatable bonds is 0. The molecule has 1 saturated carbocycles. The van der Waals surface area contributed by atoms with Crippen LogP contribution in [0.15, 0.2) is 0 Å². The van der Waals surface area contributed by atoms with Crippen molar-refractivity contribution in [2.24, 2.45) is 0 Å². The third-order valence-corrected chi connectivity index (χ3v) is 7.19. The fourth-order valence-electron chi connectivity index (χ4n) is 1.94. The summed E-state index contributed by atoms with van der Waals surface area (Å²) >= 11 is 0. The Morgan fingerprint density at radius 2 is 1.92 bits per heavy atom. The van der Waals surface area contributed by atoms with Crippen molar-refractivity contribution in [3.63, 3.8) is 0 Å². The Bertz CT molecular complexity index is 272. The molecule has 2 rings (SSSR count). The lowest BCUT2D eigenvalue weighted by Gasteiger charge is -2.10. The van der Waals surface area contributed by atoms with Crippen LogP contribution in [-0.2, 0) is 8.87 Å². The van der Waals surface area contributed by atoms with Gasteiger partial charge in [-0.05, 0) is 23.6 Å². The first kappa shape index (κ1) is 8.84. The summed E-state index contributed by atoms with van der Waals surface area (Å²) in [5.41, 5.74) is 0. The Morgan fingerprint density at radius 3 is 2.67 bits per heavy atom. The summed E-state index contributed by atoms with van der Waals surface area (Å²) < 4.78 is 22.8. The van der Waals surface area contributed by atoms with Crippen LogP contribution in [-0.4, -0.2) is 30.1 Å². The standard InChI is InChI=1S/C7H12O3S2/c8-7-5-3-1-2-4-6(7)12(9,10)11-5/h5-8H,1-4H2. The first-order valence-corrected chi connectivity index (χ1v) is 7.16. The van der Waals surface area contributed by atoms with Gasteiger partial charge in [0.05, 0.1) is 11.4 Å². The summed E-state index contributed by atoms with van der Waals surface area (Å²) in [5, 5.41) is 9.09. The largest absolute Gasteiger partial charge is 0.391 e. The van der Waals surface area contributed by atoms with Crippen LogP contribution >= 0.6 is 10.8 Å². The molecule has 2 fully saturated rings. The van der Waals surface area contributed by atoms with Gasteiger partial charge in [-0.3, -0.25) is 0 Å². The number of fused-ring (bicyclic) bond motifs is 2. The molecule has 3 unspecified atom stereocenters.